The number of aryl methyl sites for hydroxylation is 1. The van der Waals surface area contributed by atoms with Crippen molar-refractivity contribution in [2.45, 2.75) is 58.7 Å². The monoisotopic (exact) mass is 366 g/mol. The summed E-state index contributed by atoms with van der Waals surface area (Å²) in [5.41, 5.74) is 1.80. The summed E-state index contributed by atoms with van der Waals surface area (Å²) in [4.78, 5) is 27.3. The Hall–Kier alpha value is -2.62. The van der Waals surface area contributed by atoms with Crippen LogP contribution < -0.4 is 5.32 Å². The summed E-state index contributed by atoms with van der Waals surface area (Å²) < 4.78 is 0. The molecule has 1 N–H and O–H groups in total. The molecule has 0 radical (unpaired) electrons. The normalized spacial score (nSPS) is 12.3. The number of carbonyl (C=O) groups excluding carboxylic acids is 2. The molecule has 0 aliphatic rings. The quantitative estimate of drug-likeness (QED) is 0.806. The fourth-order valence-corrected chi connectivity index (χ4v) is 2.88. The Morgan fingerprint density at radius 1 is 0.926 bits per heavy atom. The molecule has 0 heterocycles. The molecule has 27 heavy (non-hydrogen) atoms. The standard InChI is InChI=1S/C23H30N2O2/c1-18(22(27)24-23(2,3)4)25(17-20-13-9-6-10-14-20)21(26)16-15-19-11-7-5-8-12-19/h5-14,18H,15-17H2,1-4H3,(H,24,27)/t18-/m1/s1. The molecule has 1 atom stereocenters. The van der Waals surface area contributed by atoms with Gasteiger partial charge in [0.1, 0.15) is 6.04 Å². The Labute approximate surface area is 162 Å². The van der Waals surface area contributed by atoms with Crippen molar-refractivity contribution < 1.29 is 9.59 Å². The lowest BCUT2D eigenvalue weighted by molar-refractivity contribution is -0.141. The number of nitrogens with zero attached hydrogens (tertiary/aromatic N) is 1. The molecule has 144 valence electrons. The van der Waals surface area contributed by atoms with Crippen molar-refractivity contribution in [1.82, 2.24) is 10.2 Å². The van der Waals surface area contributed by atoms with Gasteiger partial charge in [0, 0.05) is 18.5 Å². The van der Waals surface area contributed by atoms with Crippen molar-refractivity contribution in [3.05, 3.63) is 71.8 Å². The molecule has 0 spiro atoms. The fraction of sp³-hybridized carbons (Fsp3) is 0.391. The molecule has 0 saturated heterocycles. The molecule has 0 aliphatic heterocycles. The van der Waals surface area contributed by atoms with Crippen LogP contribution in [0.25, 0.3) is 0 Å². The predicted molar refractivity (Wildman–Crippen MR) is 109 cm³/mol. The maximum absolute atomic E-state index is 13.0. The van der Waals surface area contributed by atoms with Crippen LogP contribution in [0.4, 0.5) is 0 Å². The first-order valence-corrected chi connectivity index (χ1v) is 9.45. The number of nitrogens with one attached hydrogen (secondary N) is 1. The maximum Gasteiger partial charge on any atom is 0.242 e. The minimum absolute atomic E-state index is 0.0146. The second-order valence-corrected chi connectivity index (χ2v) is 7.91. The number of benzene rings is 2. The first-order chi connectivity index (χ1) is 12.8. The second kappa shape index (κ2) is 9.36. The van der Waals surface area contributed by atoms with Crippen molar-refractivity contribution in [3.8, 4) is 0 Å². The number of hydrogen-bond donors (Lipinski definition) is 1. The van der Waals surface area contributed by atoms with Crippen LogP contribution in [0.3, 0.4) is 0 Å². The molecule has 0 saturated carbocycles. The zero-order chi connectivity index (χ0) is 19.9. The van der Waals surface area contributed by atoms with Crippen molar-refractivity contribution in [2.24, 2.45) is 0 Å². The highest BCUT2D eigenvalue weighted by molar-refractivity contribution is 5.87. The van der Waals surface area contributed by atoms with Gasteiger partial charge in [0.05, 0.1) is 0 Å². The van der Waals surface area contributed by atoms with Gasteiger partial charge in [-0.15, -0.1) is 0 Å². The molecule has 0 unspecified atom stereocenters. The van der Waals surface area contributed by atoms with Gasteiger partial charge in [0.15, 0.2) is 0 Å². The van der Waals surface area contributed by atoms with Crippen LogP contribution in [0.1, 0.15) is 45.2 Å². The Bertz CT molecular complexity index is 736. The summed E-state index contributed by atoms with van der Waals surface area (Å²) in [7, 11) is 0. The Morgan fingerprint density at radius 2 is 1.44 bits per heavy atom. The molecule has 0 fully saturated rings. The Balaban J connectivity index is 2.12. The van der Waals surface area contributed by atoms with Crippen molar-refractivity contribution in [1.29, 1.82) is 0 Å². The smallest absolute Gasteiger partial charge is 0.242 e. The molecular formula is C23H30N2O2. The molecule has 0 bridgehead atoms. The number of rotatable bonds is 7. The van der Waals surface area contributed by atoms with Gasteiger partial charge in [-0.3, -0.25) is 9.59 Å². The average Bonchev–Trinajstić information content (AvgIpc) is 2.64. The van der Waals surface area contributed by atoms with Crippen LogP contribution in [-0.4, -0.2) is 28.3 Å². The van der Waals surface area contributed by atoms with E-state index in [2.05, 4.69) is 5.32 Å². The third-order valence-corrected chi connectivity index (χ3v) is 4.33. The molecule has 0 aromatic heterocycles. The van der Waals surface area contributed by atoms with Gasteiger partial charge >= 0.3 is 0 Å². The highest BCUT2D eigenvalue weighted by Gasteiger charge is 2.28. The Morgan fingerprint density at radius 3 is 1.96 bits per heavy atom. The third kappa shape index (κ3) is 6.89. The van der Waals surface area contributed by atoms with E-state index in [0.717, 1.165) is 11.1 Å². The summed E-state index contributed by atoms with van der Waals surface area (Å²) in [6, 6.07) is 19.2. The van der Waals surface area contributed by atoms with Crippen LogP contribution >= 0.6 is 0 Å². The van der Waals surface area contributed by atoms with E-state index in [0.29, 0.717) is 19.4 Å². The van der Waals surface area contributed by atoms with Gasteiger partial charge in [-0.2, -0.15) is 0 Å². The summed E-state index contributed by atoms with van der Waals surface area (Å²) in [5.74, 6) is -0.147. The average molecular weight is 367 g/mol. The molecule has 2 rings (SSSR count). The van der Waals surface area contributed by atoms with E-state index in [1.165, 1.54) is 0 Å². The van der Waals surface area contributed by atoms with Crippen molar-refractivity contribution >= 4 is 11.8 Å². The van der Waals surface area contributed by atoms with E-state index in [4.69, 9.17) is 0 Å². The molecule has 4 heteroatoms. The van der Waals surface area contributed by atoms with Crippen molar-refractivity contribution in [2.75, 3.05) is 0 Å². The van der Waals surface area contributed by atoms with Crippen LogP contribution in [0.15, 0.2) is 60.7 Å². The van der Waals surface area contributed by atoms with E-state index in [1.54, 1.807) is 11.8 Å². The van der Waals surface area contributed by atoms with E-state index in [-0.39, 0.29) is 17.4 Å². The van der Waals surface area contributed by atoms with Gasteiger partial charge in [0.25, 0.3) is 0 Å². The third-order valence-electron chi connectivity index (χ3n) is 4.33. The van der Waals surface area contributed by atoms with E-state index in [9.17, 15) is 9.59 Å². The molecule has 2 amide bonds. The minimum Gasteiger partial charge on any atom is -0.350 e. The van der Waals surface area contributed by atoms with Gasteiger partial charge < -0.3 is 10.2 Å². The lowest BCUT2D eigenvalue weighted by Crippen LogP contribution is -2.52. The summed E-state index contributed by atoms with van der Waals surface area (Å²) in [6.07, 6.45) is 1.04. The second-order valence-electron chi connectivity index (χ2n) is 7.91. The summed E-state index contributed by atoms with van der Waals surface area (Å²) in [5, 5.41) is 2.98. The van der Waals surface area contributed by atoms with Gasteiger partial charge in [0.2, 0.25) is 11.8 Å². The number of carbonyl (C=O) groups is 2. The lowest BCUT2D eigenvalue weighted by Gasteiger charge is -2.31. The van der Waals surface area contributed by atoms with Gasteiger partial charge in [-0.25, -0.2) is 0 Å². The molecular weight excluding hydrogens is 336 g/mol. The maximum atomic E-state index is 13.0. The zero-order valence-corrected chi connectivity index (χ0v) is 16.7. The van der Waals surface area contributed by atoms with Crippen LogP contribution in [-0.2, 0) is 22.6 Å². The first-order valence-electron chi connectivity index (χ1n) is 9.45. The van der Waals surface area contributed by atoms with Gasteiger partial charge in [-0.05, 0) is 45.2 Å². The lowest BCUT2D eigenvalue weighted by atomic mass is 10.1. The highest BCUT2D eigenvalue weighted by atomic mass is 16.2. The number of hydrogen-bond acceptors (Lipinski definition) is 2. The molecule has 4 nitrogen and oxygen atoms in total. The largest absolute Gasteiger partial charge is 0.350 e. The topological polar surface area (TPSA) is 49.4 Å². The minimum atomic E-state index is -0.535. The highest BCUT2D eigenvalue weighted by Crippen LogP contribution is 2.14. The summed E-state index contributed by atoms with van der Waals surface area (Å²) in [6.45, 7) is 8.04. The SMILES string of the molecule is C[C@H](C(=O)NC(C)(C)C)N(Cc1ccccc1)C(=O)CCc1ccccc1. The Kier molecular flexibility index (Phi) is 7.17. The molecule has 2 aromatic rings. The first kappa shape index (κ1) is 20.7. The number of amides is 2. The van der Waals surface area contributed by atoms with E-state index < -0.39 is 6.04 Å². The fourth-order valence-electron chi connectivity index (χ4n) is 2.88. The zero-order valence-electron chi connectivity index (χ0n) is 16.7. The van der Waals surface area contributed by atoms with Gasteiger partial charge in [-0.1, -0.05) is 60.7 Å². The molecule has 0 aliphatic carbocycles. The van der Waals surface area contributed by atoms with E-state index in [1.807, 2.05) is 81.4 Å². The predicted octanol–water partition coefficient (Wildman–Crippen LogP) is 3.95. The van der Waals surface area contributed by atoms with Crippen molar-refractivity contribution in [3.63, 3.8) is 0 Å². The molecule has 2 aromatic carbocycles. The van der Waals surface area contributed by atoms with Crippen LogP contribution in [0.5, 0.6) is 0 Å². The summed E-state index contributed by atoms with van der Waals surface area (Å²) >= 11 is 0. The van der Waals surface area contributed by atoms with E-state index >= 15 is 0 Å². The van der Waals surface area contributed by atoms with Crippen LogP contribution in [0, 0.1) is 0 Å². The van der Waals surface area contributed by atoms with Crippen LogP contribution in [0.2, 0.25) is 0 Å².